The number of ether oxygens (including phenoxy) is 1. The molecule has 22 heavy (non-hydrogen) atoms. The van der Waals surface area contributed by atoms with E-state index in [1.54, 1.807) is 0 Å². The molecule has 0 amide bonds. The first-order chi connectivity index (χ1) is 10.4. The third kappa shape index (κ3) is 2.60. The molecule has 1 atom stereocenters. The Labute approximate surface area is 128 Å². The Morgan fingerprint density at radius 1 is 1.36 bits per heavy atom. The maximum absolute atomic E-state index is 12.7. The fraction of sp³-hybridized carbons (Fsp3) is 0.538. The highest BCUT2D eigenvalue weighted by Gasteiger charge is 2.46. The van der Waals surface area contributed by atoms with Crippen molar-refractivity contribution in [3.63, 3.8) is 0 Å². The topological polar surface area (TPSA) is 102 Å². The van der Waals surface area contributed by atoms with Gasteiger partial charge in [0, 0.05) is 32.2 Å². The fourth-order valence-corrected chi connectivity index (χ4v) is 4.62. The summed E-state index contributed by atoms with van der Waals surface area (Å²) in [4.78, 5) is 10.1. The molecule has 2 aliphatic heterocycles. The Morgan fingerprint density at radius 2 is 2.14 bits per heavy atom. The van der Waals surface area contributed by atoms with Crippen molar-refractivity contribution < 1.29 is 18.1 Å². The predicted molar refractivity (Wildman–Crippen MR) is 78.0 cm³/mol. The number of nitrogens with zero attached hydrogens (tertiary/aromatic N) is 2. The van der Waals surface area contributed by atoms with Gasteiger partial charge in [-0.3, -0.25) is 10.1 Å². The van der Waals surface area contributed by atoms with Crippen molar-refractivity contribution in [2.45, 2.75) is 16.9 Å². The molecule has 8 nitrogen and oxygen atoms in total. The van der Waals surface area contributed by atoms with Crippen molar-refractivity contribution in [1.29, 1.82) is 0 Å². The van der Waals surface area contributed by atoms with Gasteiger partial charge in [0.05, 0.1) is 17.1 Å². The van der Waals surface area contributed by atoms with Crippen LogP contribution in [0.5, 0.6) is 0 Å². The zero-order valence-corrected chi connectivity index (χ0v) is 12.7. The van der Waals surface area contributed by atoms with Crippen LogP contribution in [-0.4, -0.2) is 56.0 Å². The fourth-order valence-electron chi connectivity index (χ4n) is 2.95. The first-order valence-corrected chi connectivity index (χ1v) is 8.47. The molecule has 1 spiro atoms. The van der Waals surface area contributed by atoms with Gasteiger partial charge < -0.3 is 10.1 Å². The van der Waals surface area contributed by atoms with Crippen LogP contribution in [0.1, 0.15) is 6.42 Å². The molecule has 2 fully saturated rings. The van der Waals surface area contributed by atoms with Crippen molar-refractivity contribution in [2.75, 3.05) is 32.8 Å². The smallest absolute Gasteiger partial charge is 0.289 e. The molecule has 1 N–H and O–H groups in total. The molecule has 0 aromatic heterocycles. The Bertz CT molecular complexity index is 685. The average Bonchev–Trinajstić information content (AvgIpc) is 2.92. The lowest BCUT2D eigenvalue weighted by Gasteiger charge is -2.34. The predicted octanol–water partition coefficient (Wildman–Crippen LogP) is 0.348. The molecule has 0 saturated carbocycles. The van der Waals surface area contributed by atoms with Gasteiger partial charge in [0.15, 0.2) is 4.90 Å². The maximum atomic E-state index is 12.7. The highest BCUT2D eigenvalue weighted by Crippen LogP contribution is 2.33. The standard InChI is InChI=1S/C13H17N3O5S/c17-16(18)11-3-1-2-4-12(11)22(19,20)15-7-5-13(10-15)9-14-6-8-21-13/h1-4,14H,5-10H2. The highest BCUT2D eigenvalue weighted by atomic mass is 32.2. The molecular formula is C13H17N3O5S. The summed E-state index contributed by atoms with van der Waals surface area (Å²) in [7, 11) is -3.91. The molecule has 3 rings (SSSR count). The molecule has 1 aromatic rings. The molecule has 2 aliphatic rings. The Balaban J connectivity index is 1.90. The number of nitro benzene ring substituents is 1. The molecule has 2 heterocycles. The van der Waals surface area contributed by atoms with E-state index in [0.29, 0.717) is 26.1 Å². The molecule has 2 saturated heterocycles. The van der Waals surface area contributed by atoms with Gasteiger partial charge in [-0.2, -0.15) is 4.31 Å². The summed E-state index contributed by atoms with van der Waals surface area (Å²) in [6.45, 7) is 2.40. The van der Waals surface area contributed by atoms with Gasteiger partial charge in [-0.25, -0.2) is 8.42 Å². The van der Waals surface area contributed by atoms with E-state index in [4.69, 9.17) is 4.74 Å². The van der Waals surface area contributed by atoms with E-state index in [1.807, 2.05) is 0 Å². The van der Waals surface area contributed by atoms with Crippen molar-refractivity contribution in [3.8, 4) is 0 Å². The normalized spacial score (nSPS) is 26.4. The van der Waals surface area contributed by atoms with E-state index in [9.17, 15) is 18.5 Å². The molecule has 9 heteroatoms. The molecule has 120 valence electrons. The Hall–Kier alpha value is -1.55. The lowest BCUT2D eigenvalue weighted by Crippen LogP contribution is -2.51. The molecule has 0 bridgehead atoms. The number of hydrogen-bond donors (Lipinski definition) is 1. The second-order valence-corrected chi connectivity index (χ2v) is 7.43. The summed E-state index contributed by atoms with van der Waals surface area (Å²) in [6, 6.07) is 5.43. The van der Waals surface area contributed by atoms with Crippen molar-refractivity contribution in [1.82, 2.24) is 9.62 Å². The number of nitrogens with one attached hydrogen (secondary N) is 1. The average molecular weight is 327 g/mol. The summed E-state index contributed by atoms with van der Waals surface area (Å²) in [6.07, 6.45) is 0.583. The number of para-hydroxylation sites is 1. The van der Waals surface area contributed by atoms with Crippen LogP contribution in [-0.2, 0) is 14.8 Å². The number of sulfonamides is 1. The van der Waals surface area contributed by atoms with Crippen molar-refractivity contribution >= 4 is 15.7 Å². The third-order valence-electron chi connectivity index (χ3n) is 4.10. The lowest BCUT2D eigenvalue weighted by molar-refractivity contribution is -0.387. The lowest BCUT2D eigenvalue weighted by atomic mass is 10.0. The van der Waals surface area contributed by atoms with E-state index in [0.717, 1.165) is 6.54 Å². The third-order valence-corrected chi connectivity index (χ3v) is 5.99. The zero-order chi connectivity index (χ0) is 15.8. The minimum Gasteiger partial charge on any atom is -0.371 e. The van der Waals surface area contributed by atoms with Gasteiger partial charge in [-0.15, -0.1) is 0 Å². The van der Waals surface area contributed by atoms with E-state index in [-0.39, 0.29) is 11.4 Å². The second kappa shape index (κ2) is 5.58. The quantitative estimate of drug-likeness (QED) is 0.635. The summed E-state index contributed by atoms with van der Waals surface area (Å²) in [5.41, 5.74) is -0.916. The van der Waals surface area contributed by atoms with Crippen LogP contribution in [0.2, 0.25) is 0 Å². The monoisotopic (exact) mass is 327 g/mol. The van der Waals surface area contributed by atoms with E-state index < -0.39 is 26.2 Å². The molecule has 0 radical (unpaired) electrons. The highest BCUT2D eigenvalue weighted by molar-refractivity contribution is 7.89. The van der Waals surface area contributed by atoms with Gasteiger partial charge in [0.1, 0.15) is 0 Å². The minimum atomic E-state index is -3.91. The van der Waals surface area contributed by atoms with Crippen molar-refractivity contribution in [2.24, 2.45) is 0 Å². The van der Waals surface area contributed by atoms with Gasteiger partial charge in [-0.1, -0.05) is 12.1 Å². The number of morpholine rings is 1. The Kier molecular flexibility index (Phi) is 3.89. The van der Waals surface area contributed by atoms with Crippen LogP contribution in [0.4, 0.5) is 5.69 Å². The number of hydrogen-bond acceptors (Lipinski definition) is 6. The van der Waals surface area contributed by atoms with E-state index >= 15 is 0 Å². The van der Waals surface area contributed by atoms with Crippen LogP contribution in [0.25, 0.3) is 0 Å². The molecule has 1 unspecified atom stereocenters. The van der Waals surface area contributed by atoms with Crippen LogP contribution < -0.4 is 5.32 Å². The van der Waals surface area contributed by atoms with Gasteiger partial charge >= 0.3 is 0 Å². The molecular weight excluding hydrogens is 310 g/mol. The Morgan fingerprint density at radius 3 is 2.82 bits per heavy atom. The number of nitro groups is 1. The summed E-state index contributed by atoms with van der Waals surface area (Å²) >= 11 is 0. The maximum Gasteiger partial charge on any atom is 0.289 e. The van der Waals surface area contributed by atoms with Gasteiger partial charge in [-0.05, 0) is 12.5 Å². The van der Waals surface area contributed by atoms with Crippen LogP contribution in [0, 0.1) is 10.1 Å². The van der Waals surface area contributed by atoms with Crippen LogP contribution >= 0.6 is 0 Å². The second-order valence-electron chi connectivity index (χ2n) is 5.52. The first kappa shape index (κ1) is 15.3. The van der Waals surface area contributed by atoms with Crippen LogP contribution in [0.15, 0.2) is 29.2 Å². The number of rotatable bonds is 3. The van der Waals surface area contributed by atoms with Gasteiger partial charge in [0.2, 0.25) is 10.0 Å². The summed E-state index contributed by atoms with van der Waals surface area (Å²) in [5.74, 6) is 0. The van der Waals surface area contributed by atoms with E-state index in [1.165, 1.54) is 28.6 Å². The van der Waals surface area contributed by atoms with Crippen molar-refractivity contribution in [3.05, 3.63) is 34.4 Å². The van der Waals surface area contributed by atoms with E-state index in [2.05, 4.69) is 5.32 Å². The largest absolute Gasteiger partial charge is 0.371 e. The SMILES string of the molecule is O=[N+]([O-])c1ccccc1S(=O)(=O)N1CCC2(CNCCO2)C1. The van der Waals surface area contributed by atoms with Gasteiger partial charge in [0.25, 0.3) is 5.69 Å². The molecule has 0 aliphatic carbocycles. The molecule has 1 aromatic carbocycles. The first-order valence-electron chi connectivity index (χ1n) is 7.03. The summed E-state index contributed by atoms with van der Waals surface area (Å²) in [5, 5.41) is 14.3. The zero-order valence-electron chi connectivity index (χ0n) is 11.9. The number of benzene rings is 1. The summed E-state index contributed by atoms with van der Waals surface area (Å²) < 4.78 is 32.5. The minimum absolute atomic E-state index is 0.217. The van der Waals surface area contributed by atoms with Crippen LogP contribution in [0.3, 0.4) is 0 Å².